The zero-order valence-corrected chi connectivity index (χ0v) is 8.29. The van der Waals surface area contributed by atoms with Gasteiger partial charge in [0.1, 0.15) is 0 Å². The van der Waals surface area contributed by atoms with Crippen LogP contribution in [0.2, 0.25) is 0 Å². The van der Waals surface area contributed by atoms with Crippen LogP contribution in [-0.2, 0) is 6.42 Å². The fraction of sp³-hybridized carbons (Fsp3) is 0.778. The highest BCUT2D eigenvalue weighted by atomic mass is 16.5. The first kappa shape index (κ1) is 10.2. The average molecular weight is 183 g/mol. The van der Waals surface area contributed by atoms with Crippen molar-refractivity contribution in [2.24, 2.45) is 5.73 Å². The molecular formula is C9H17N3O. The summed E-state index contributed by atoms with van der Waals surface area (Å²) >= 11 is 0. The Morgan fingerprint density at radius 2 is 2.31 bits per heavy atom. The molecule has 13 heavy (non-hydrogen) atoms. The van der Waals surface area contributed by atoms with Crippen LogP contribution in [0.25, 0.3) is 0 Å². The predicted octanol–water partition coefficient (Wildman–Crippen LogP) is 1.47. The summed E-state index contributed by atoms with van der Waals surface area (Å²) in [6, 6.07) is 0. The number of rotatable bonds is 5. The van der Waals surface area contributed by atoms with Gasteiger partial charge in [0.25, 0.3) is 0 Å². The number of aromatic nitrogens is 2. The Bertz CT molecular complexity index is 247. The largest absolute Gasteiger partial charge is 0.339 e. The van der Waals surface area contributed by atoms with Gasteiger partial charge in [-0.25, -0.2) is 0 Å². The fourth-order valence-corrected chi connectivity index (χ4v) is 1.00. The molecule has 0 aliphatic carbocycles. The van der Waals surface area contributed by atoms with Gasteiger partial charge in [-0.3, -0.25) is 0 Å². The highest BCUT2D eigenvalue weighted by Gasteiger charge is 2.11. The van der Waals surface area contributed by atoms with Crippen LogP contribution in [0.1, 0.15) is 44.3 Å². The van der Waals surface area contributed by atoms with E-state index in [4.69, 9.17) is 10.3 Å². The van der Waals surface area contributed by atoms with Crippen LogP contribution in [0.5, 0.6) is 0 Å². The van der Waals surface area contributed by atoms with Crippen LogP contribution in [-0.4, -0.2) is 16.7 Å². The van der Waals surface area contributed by atoms with Crippen molar-refractivity contribution in [2.45, 2.75) is 39.0 Å². The molecule has 1 rings (SSSR count). The lowest BCUT2D eigenvalue weighted by Crippen LogP contribution is -2.09. The van der Waals surface area contributed by atoms with E-state index in [1.165, 1.54) is 0 Å². The molecule has 0 aromatic carbocycles. The minimum atomic E-state index is 0.169. The summed E-state index contributed by atoms with van der Waals surface area (Å²) in [7, 11) is 0. The van der Waals surface area contributed by atoms with Crippen LogP contribution < -0.4 is 5.73 Å². The third kappa shape index (κ3) is 2.81. The van der Waals surface area contributed by atoms with E-state index in [9.17, 15) is 0 Å². The monoisotopic (exact) mass is 183 g/mol. The van der Waals surface area contributed by atoms with Crippen LogP contribution in [0.4, 0.5) is 0 Å². The summed E-state index contributed by atoms with van der Waals surface area (Å²) in [5.41, 5.74) is 5.49. The third-order valence-electron chi connectivity index (χ3n) is 2.01. The van der Waals surface area contributed by atoms with Gasteiger partial charge in [-0.05, 0) is 6.42 Å². The number of nitrogens with two attached hydrogens (primary N) is 1. The Labute approximate surface area is 78.5 Å². The molecule has 0 amide bonds. The molecule has 74 valence electrons. The van der Waals surface area contributed by atoms with Gasteiger partial charge in [-0.2, -0.15) is 4.98 Å². The van der Waals surface area contributed by atoms with Gasteiger partial charge in [0, 0.05) is 18.9 Å². The topological polar surface area (TPSA) is 64.9 Å². The second-order valence-electron chi connectivity index (χ2n) is 3.29. The summed E-state index contributed by atoms with van der Waals surface area (Å²) in [5.74, 6) is 1.63. The van der Waals surface area contributed by atoms with Crippen molar-refractivity contribution in [2.75, 3.05) is 6.54 Å². The summed E-state index contributed by atoms with van der Waals surface area (Å²) in [6.45, 7) is 4.68. The quantitative estimate of drug-likeness (QED) is 0.750. The van der Waals surface area contributed by atoms with Crippen molar-refractivity contribution in [3.63, 3.8) is 0 Å². The normalized spacial score (nSPS) is 13.2. The molecule has 0 aliphatic heterocycles. The van der Waals surface area contributed by atoms with E-state index >= 15 is 0 Å². The number of hydrogen-bond acceptors (Lipinski definition) is 4. The van der Waals surface area contributed by atoms with E-state index in [1.807, 2.05) is 6.92 Å². The fourth-order valence-electron chi connectivity index (χ4n) is 1.00. The maximum Gasteiger partial charge on any atom is 0.230 e. The van der Waals surface area contributed by atoms with Crippen molar-refractivity contribution in [1.82, 2.24) is 10.1 Å². The summed E-state index contributed by atoms with van der Waals surface area (Å²) in [6.07, 6.45) is 3.16. The third-order valence-corrected chi connectivity index (χ3v) is 2.01. The molecule has 1 aromatic heterocycles. The molecule has 1 unspecified atom stereocenters. The van der Waals surface area contributed by atoms with Crippen LogP contribution >= 0.6 is 0 Å². The Hall–Kier alpha value is -0.900. The van der Waals surface area contributed by atoms with E-state index in [0.29, 0.717) is 12.4 Å². The van der Waals surface area contributed by atoms with Gasteiger partial charge < -0.3 is 10.3 Å². The molecule has 0 saturated carbocycles. The van der Waals surface area contributed by atoms with E-state index in [2.05, 4.69) is 17.1 Å². The van der Waals surface area contributed by atoms with E-state index in [0.717, 1.165) is 25.1 Å². The first-order valence-electron chi connectivity index (χ1n) is 4.80. The molecule has 1 heterocycles. The lowest BCUT2D eigenvalue weighted by molar-refractivity contribution is 0.356. The molecule has 2 N–H and O–H groups in total. The molecule has 0 spiro atoms. The summed E-state index contributed by atoms with van der Waals surface area (Å²) < 4.78 is 5.07. The molecule has 1 atom stereocenters. The molecule has 0 aliphatic rings. The van der Waals surface area contributed by atoms with Gasteiger partial charge >= 0.3 is 0 Å². The molecule has 4 nitrogen and oxygen atoms in total. The van der Waals surface area contributed by atoms with Gasteiger partial charge in [0.15, 0.2) is 5.82 Å². The maximum absolute atomic E-state index is 5.49. The summed E-state index contributed by atoms with van der Waals surface area (Å²) in [4.78, 5) is 4.26. The van der Waals surface area contributed by atoms with Crippen LogP contribution in [0.15, 0.2) is 4.52 Å². The predicted molar refractivity (Wildman–Crippen MR) is 50.4 cm³/mol. The number of aryl methyl sites for hydroxylation is 1. The van der Waals surface area contributed by atoms with Gasteiger partial charge in [-0.1, -0.05) is 25.4 Å². The zero-order chi connectivity index (χ0) is 9.68. The second kappa shape index (κ2) is 4.97. The van der Waals surface area contributed by atoms with E-state index in [-0.39, 0.29) is 5.92 Å². The SMILES string of the molecule is CCCCc1noc(C(C)CN)n1. The molecule has 4 heteroatoms. The number of hydrogen-bond donors (Lipinski definition) is 1. The molecule has 0 bridgehead atoms. The van der Waals surface area contributed by atoms with Crippen molar-refractivity contribution >= 4 is 0 Å². The maximum atomic E-state index is 5.49. The zero-order valence-electron chi connectivity index (χ0n) is 8.29. The Kier molecular flexibility index (Phi) is 3.89. The van der Waals surface area contributed by atoms with E-state index in [1.54, 1.807) is 0 Å². The van der Waals surface area contributed by atoms with Gasteiger partial charge in [0.2, 0.25) is 5.89 Å². The first-order valence-corrected chi connectivity index (χ1v) is 4.80. The van der Waals surface area contributed by atoms with Crippen molar-refractivity contribution < 1.29 is 4.52 Å². The first-order chi connectivity index (χ1) is 6.27. The van der Waals surface area contributed by atoms with Crippen LogP contribution in [0, 0.1) is 0 Å². The standard InChI is InChI=1S/C9H17N3O/c1-3-4-5-8-11-9(13-12-8)7(2)6-10/h7H,3-6,10H2,1-2H3. The lowest BCUT2D eigenvalue weighted by atomic mass is 10.2. The average Bonchev–Trinajstić information content (AvgIpc) is 2.62. The Balaban J connectivity index is 2.53. The molecule has 0 saturated heterocycles. The highest BCUT2D eigenvalue weighted by molar-refractivity contribution is 4.92. The van der Waals surface area contributed by atoms with Crippen molar-refractivity contribution in [3.05, 3.63) is 11.7 Å². The molecular weight excluding hydrogens is 166 g/mol. The Morgan fingerprint density at radius 1 is 1.54 bits per heavy atom. The molecule has 0 fully saturated rings. The van der Waals surface area contributed by atoms with Gasteiger partial charge in [0.05, 0.1) is 0 Å². The van der Waals surface area contributed by atoms with Crippen molar-refractivity contribution in [3.8, 4) is 0 Å². The van der Waals surface area contributed by atoms with Crippen LogP contribution in [0.3, 0.4) is 0 Å². The highest BCUT2D eigenvalue weighted by Crippen LogP contribution is 2.11. The lowest BCUT2D eigenvalue weighted by Gasteiger charge is -1.98. The van der Waals surface area contributed by atoms with Gasteiger partial charge in [-0.15, -0.1) is 0 Å². The minimum absolute atomic E-state index is 0.169. The molecule has 0 radical (unpaired) electrons. The summed E-state index contributed by atoms with van der Waals surface area (Å²) in [5, 5.41) is 3.88. The van der Waals surface area contributed by atoms with Crippen molar-refractivity contribution in [1.29, 1.82) is 0 Å². The Morgan fingerprint density at radius 3 is 2.92 bits per heavy atom. The second-order valence-corrected chi connectivity index (χ2v) is 3.29. The van der Waals surface area contributed by atoms with E-state index < -0.39 is 0 Å². The number of unbranched alkanes of at least 4 members (excludes halogenated alkanes) is 1. The minimum Gasteiger partial charge on any atom is -0.339 e. The smallest absolute Gasteiger partial charge is 0.230 e. The number of nitrogens with zero attached hydrogens (tertiary/aromatic N) is 2. The molecule has 1 aromatic rings.